The molecule has 1 heterocycles. The zero-order chi connectivity index (χ0) is 20.6. The number of para-hydroxylation sites is 1. The van der Waals surface area contributed by atoms with Gasteiger partial charge in [-0.2, -0.15) is 5.26 Å². The molecule has 8 heteroatoms. The maximum Gasteiger partial charge on any atom is 0.274 e. The largest absolute Gasteiger partial charge is 0.493 e. The molecule has 0 aliphatic rings. The Morgan fingerprint density at radius 2 is 1.90 bits per heavy atom. The van der Waals surface area contributed by atoms with E-state index in [4.69, 9.17) is 14.7 Å². The van der Waals surface area contributed by atoms with E-state index in [0.29, 0.717) is 35.2 Å². The maximum atomic E-state index is 12.5. The fourth-order valence-electron chi connectivity index (χ4n) is 2.62. The van der Waals surface area contributed by atoms with E-state index in [0.717, 1.165) is 5.56 Å². The van der Waals surface area contributed by atoms with E-state index in [1.54, 1.807) is 38.5 Å². The van der Waals surface area contributed by atoms with Crippen molar-refractivity contribution < 1.29 is 14.3 Å². The van der Waals surface area contributed by atoms with Crippen LogP contribution in [0.4, 0.5) is 11.6 Å². The number of rotatable bonds is 7. The summed E-state index contributed by atoms with van der Waals surface area (Å²) in [6, 6.07) is 15.9. The van der Waals surface area contributed by atoms with Crippen LogP contribution in [0.1, 0.15) is 21.6 Å². The van der Waals surface area contributed by atoms with Crippen molar-refractivity contribution >= 4 is 17.5 Å². The van der Waals surface area contributed by atoms with Crippen molar-refractivity contribution in [2.75, 3.05) is 24.9 Å². The lowest BCUT2D eigenvalue weighted by atomic mass is 10.2. The van der Waals surface area contributed by atoms with Gasteiger partial charge >= 0.3 is 0 Å². The van der Waals surface area contributed by atoms with Crippen LogP contribution in [0.5, 0.6) is 11.5 Å². The lowest BCUT2D eigenvalue weighted by Gasteiger charge is -2.11. The third kappa shape index (κ3) is 4.78. The van der Waals surface area contributed by atoms with Gasteiger partial charge in [-0.3, -0.25) is 4.79 Å². The molecule has 3 aromatic rings. The predicted octanol–water partition coefficient (Wildman–Crippen LogP) is 3.23. The van der Waals surface area contributed by atoms with Gasteiger partial charge in [0.25, 0.3) is 5.91 Å². The minimum atomic E-state index is -0.427. The molecule has 0 bridgehead atoms. The number of hydrogen-bond donors (Lipinski definition) is 2. The number of carbonyl (C=O) groups is 1. The Morgan fingerprint density at radius 3 is 2.66 bits per heavy atom. The van der Waals surface area contributed by atoms with Crippen molar-refractivity contribution in [2.45, 2.75) is 6.54 Å². The molecular formula is C21H19N5O3. The van der Waals surface area contributed by atoms with Crippen molar-refractivity contribution in [1.29, 1.82) is 5.26 Å². The molecule has 29 heavy (non-hydrogen) atoms. The number of ether oxygens (including phenoxy) is 2. The first-order valence-electron chi connectivity index (χ1n) is 8.73. The topological polar surface area (TPSA) is 109 Å². The van der Waals surface area contributed by atoms with E-state index in [-0.39, 0.29) is 5.69 Å². The average molecular weight is 389 g/mol. The Balaban J connectivity index is 1.69. The summed E-state index contributed by atoms with van der Waals surface area (Å²) in [5, 5.41) is 14.9. The highest BCUT2D eigenvalue weighted by molar-refractivity contribution is 6.03. The summed E-state index contributed by atoms with van der Waals surface area (Å²) in [5.74, 6) is 1.14. The molecule has 2 N–H and O–H groups in total. The molecule has 1 amide bonds. The van der Waals surface area contributed by atoms with Gasteiger partial charge in [0.2, 0.25) is 5.95 Å². The van der Waals surface area contributed by atoms with Crippen molar-refractivity contribution in [3.05, 3.63) is 71.5 Å². The van der Waals surface area contributed by atoms with E-state index in [2.05, 4.69) is 20.6 Å². The first-order valence-corrected chi connectivity index (χ1v) is 8.73. The highest BCUT2D eigenvalue weighted by Crippen LogP contribution is 2.27. The minimum absolute atomic E-state index is 0.183. The van der Waals surface area contributed by atoms with Gasteiger partial charge in [0.05, 0.1) is 25.5 Å². The molecule has 0 fully saturated rings. The smallest absolute Gasteiger partial charge is 0.274 e. The van der Waals surface area contributed by atoms with Crippen molar-refractivity contribution in [3.63, 3.8) is 0 Å². The van der Waals surface area contributed by atoms with Gasteiger partial charge in [0.15, 0.2) is 11.5 Å². The van der Waals surface area contributed by atoms with Crippen molar-refractivity contribution in [3.8, 4) is 17.6 Å². The standard InChI is InChI=1S/C21H19N5O3/c1-28-18-8-7-14(11-19(18)29-2)13-24-21-23-10-9-17(26-21)20(27)25-16-6-4-3-5-15(16)12-22/h3-11H,13H2,1-2H3,(H,25,27)(H,23,24,26). The monoisotopic (exact) mass is 389 g/mol. The van der Waals surface area contributed by atoms with Gasteiger partial charge < -0.3 is 20.1 Å². The third-order valence-corrected chi connectivity index (χ3v) is 4.08. The van der Waals surface area contributed by atoms with E-state index < -0.39 is 5.91 Å². The number of amides is 1. The molecule has 0 spiro atoms. The van der Waals surface area contributed by atoms with Crippen LogP contribution in [-0.2, 0) is 6.54 Å². The van der Waals surface area contributed by atoms with E-state index in [1.165, 1.54) is 12.3 Å². The lowest BCUT2D eigenvalue weighted by Crippen LogP contribution is -2.16. The fraction of sp³-hybridized carbons (Fsp3) is 0.143. The first kappa shape index (κ1) is 19.6. The molecule has 0 radical (unpaired) electrons. The van der Waals surface area contributed by atoms with Crippen LogP contribution in [0.15, 0.2) is 54.7 Å². The second-order valence-corrected chi connectivity index (χ2v) is 5.92. The lowest BCUT2D eigenvalue weighted by molar-refractivity contribution is 0.102. The highest BCUT2D eigenvalue weighted by Gasteiger charge is 2.12. The molecule has 0 aliphatic carbocycles. The van der Waals surface area contributed by atoms with Crippen LogP contribution in [0, 0.1) is 11.3 Å². The Kier molecular flexibility index (Phi) is 6.22. The number of anilines is 2. The normalized spacial score (nSPS) is 9.97. The van der Waals surface area contributed by atoms with E-state index in [1.807, 2.05) is 24.3 Å². The van der Waals surface area contributed by atoms with Gasteiger partial charge in [-0.25, -0.2) is 9.97 Å². The SMILES string of the molecule is COc1ccc(CNc2nccc(C(=O)Nc3ccccc3C#N)n2)cc1OC. The zero-order valence-electron chi connectivity index (χ0n) is 16.0. The first-order chi connectivity index (χ1) is 14.1. The summed E-state index contributed by atoms with van der Waals surface area (Å²) in [7, 11) is 3.15. The predicted molar refractivity (Wildman–Crippen MR) is 108 cm³/mol. The summed E-state index contributed by atoms with van der Waals surface area (Å²) in [6.45, 7) is 0.433. The van der Waals surface area contributed by atoms with Crippen LogP contribution >= 0.6 is 0 Å². The number of methoxy groups -OCH3 is 2. The van der Waals surface area contributed by atoms with Gasteiger partial charge in [0.1, 0.15) is 11.8 Å². The molecule has 0 saturated heterocycles. The number of carbonyl (C=O) groups excluding carboxylic acids is 1. The highest BCUT2D eigenvalue weighted by atomic mass is 16.5. The molecule has 0 aliphatic heterocycles. The van der Waals surface area contributed by atoms with Crippen LogP contribution in [0.25, 0.3) is 0 Å². The Hall–Kier alpha value is -4.12. The summed E-state index contributed by atoms with van der Waals surface area (Å²) < 4.78 is 10.5. The summed E-state index contributed by atoms with van der Waals surface area (Å²) in [6.07, 6.45) is 1.50. The molecule has 0 saturated carbocycles. The molecule has 2 aromatic carbocycles. The second kappa shape index (κ2) is 9.19. The van der Waals surface area contributed by atoms with Crippen LogP contribution in [0.3, 0.4) is 0 Å². The van der Waals surface area contributed by atoms with Crippen LogP contribution in [0.2, 0.25) is 0 Å². The maximum absolute atomic E-state index is 12.5. The van der Waals surface area contributed by atoms with Gasteiger partial charge in [-0.15, -0.1) is 0 Å². The van der Waals surface area contributed by atoms with Gasteiger partial charge in [-0.1, -0.05) is 18.2 Å². The molecule has 146 valence electrons. The van der Waals surface area contributed by atoms with E-state index >= 15 is 0 Å². The molecule has 0 unspecified atom stereocenters. The quantitative estimate of drug-likeness (QED) is 0.638. The average Bonchev–Trinajstić information content (AvgIpc) is 2.78. The number of benzene rings is 2. The number of hydrogen-bond acceptors (Lipinski definition) is 7. The van der Waals surface area contributed by atoms with Gasteiger partial charge in [-0.05, 0) is 35.9 Å². The number of nitriles is 1. The number of aromatic nitrogens is 2. The zero-order valence-corrected chi connectivity index (χ0v) is 16.0. The molecule has 3 rings (SSSR count). The third-order valence-electron chi connectivity index (χ3n) is 4.08. The number of nitrogens with one attached hydrogen (secondary N) is 2. The second-order valence-electron chi connectivity index (χ2n) is 5.92. The van der Waals surface area contributed by atoms with Crippen LogP contribution in [-0.4, -0.2) is 30.1 Å². The molecular weight excluding hydrogens is 370 g/mol. The Morgan fingerprint density at radius 1 is 1.10 bits per heavy atom. The molecule has 0 atom stereocenters. The summed E-state index contributed by atoms with van der Waals surface area (Å²) >= 11 is 0. The van der Waals surface area contributed by atoms with E-state index in [9.17, 15) is 4.79 Å². The van der Waals surface area contributed by atoms with Crippen molar-refractivity contribution in [2.24, 2.45) is 0 Å². The molecule has 8 nitrogen and oxygen atoms in total. The Labute approximate surface area is 168 Å². The fourth-order valence-corrected chi connectivity index (χ4v) is 2.62. The molecule has 1 aromatic heterocycles. The Bertz CT molecular complexity index is 1060. The van der Waals surface area contributed by atoms with Crippen molar-refractivity contribution in [1.82, 2.24) is 9.97 Å². The number of nitrogens with zero attached hydrogens (tertiary/aromatic N) is 3. The summed E-state index contributed by atoms with van der Waals surface area (Å²) in [5.41, 5.74) is 1.92. The minimum Gasteiger partial charge on any atom is -0.493 e. The van der Waals surface area contributed by atoms with Gasteiger partial charge in [0, 0.05) is 12.7 Å². The summed E-state index contributed by atoms with van der Waals surface area (Å²) in [4.78, 5) is 20.9. The van der Waals surface area contributed by atoms with Crippen LogP contribution < -0.4 is 20.1 Å².